The van der Waals surface area contributed by atoms with Crippen LogP contribution in [0.5, 0.6) is 0 Å². The summed E-state index contributed by atoms with van der Waals surface area (Å²) in [5, 5.41) is 4.57. The lowest BCUT2D eigenvalue weighted by molar-refractivity contribution is -0.0457. The van der Waals surface area contributed by atoms with Crippen molar-refractivity contribution in [1.29, 1.82) is 0 Å². The quantitative estimate of drug-likeness (QED) is 0.879. The zero-order chi connectivity index (χ0) is 17.0. The van der Waals surface area contributed by atoms with Gasteiger partial charge in [-0.2, -0.15) is 0 Å². The minimum Gasteiger partial charge on any atom is -0.439 e. The number of aryl methyl sites for hydroxylation is 1. The SMILES string of the molecule is Cc1cccc(-c2ccc(N3CC4(C[C@H]5CCC4NC5)OC3=O)s2)c1. The molecular weight excluding hydrogens is 332 g/mol. The average Bonchev–Trinajstić information content (AvgIpc) is 3.21. The number of carbonyl (C=O) groups is 1. The summed E-state index contributed by atoms with van der Waals surface area (Å²) in [7, 11) is 0. The summed E-state index contributed by atoms with van der Waals surface area (Å²) in [5.41, 5.74) is 2.12. The molecule has 1 saturated carbocycles. The van der Waals surface area contributed by atoms with Gasteiger partial charge in [-0.05, 0) is 56.3 Å². The Bertz CT molecular complexity index is 825. The smallest absolute Gasteiger partial charge is 0.415 e. The van der Waals surface area contributed by atoms with Crippen molar-refractivity contribution < 1.29 is 9.53 Å². The van der Waals surface area contributed by atoms with Crippen molar-refractivity contribution in [3.05, 3.63) is 42.0 Å². The molecule has 6 rings (SSSR count). The van der Waals surface area contributed by atoms with Gasteiger partial charge in [-0.1, -0.05) is 29.8 Å². The predicted octanol–water partition coefficient (Wildman–Crippen LogP) is 4.19. The molecular formula is C20H22N2O2S. The highest BCUT2D eigenvalue weighted by Gasteiger charge is 2.56. The van der Waals surface area contributed by atoms with Gasteiger partial charge in [-0.3, -0.25) is 4.90 Å². The lowest BCUT2D eigenvalue weighted by Crippen LogP contribution is -2.63. The van der Waals surface area contributed by atoms with Crippen LogP contribution in [-0.2, 0) is 4.74 Å². The van der Waals surface area contributed by atoms with E-state index in [0.29, 0.717) is 18.5 Å². The van der Waals surface area contributed by atoms with Crippen molar-refractivity contribution in [3.63, 3.8) is 0 Å². The zero-order valence-corrected chi connectivity index (χ0v) is 15.1. The molecule has 1 aromatic carbocycles. The highest BCUT2D eigenvalue weighted by molar-refractivity contribution is 7.19. The van der Waals surface area contributed by atoms with Gasteiger partial charge in [0.25, 0.3) is 0 Å². The van der Waals surface area contributed by atoms with Crippen LogP contribution >= 0.6 is 11.3 Å². The number of amides is 1. The number of rotatable bonds is 2. The summed E-state index contributed by atoms with van der Waals surface area (Å²) in [6.07, 6.45) is 3.19. The standard InChI is InChI=1S/C20H22N2O2S/c1-13-3-2-4-15(9-13)16-6-8-18(25-16)22-12-20(24-19(22)23)10-14-5-7-17(20)21-11-14/h2-4,6,8-9,14,17,21H,5,7,10-12H2,1H3/t14-,17?,20?/m1/s1. The van der Waals surface area contributed by atoms with Crippen LogP contribution in [0.3, 0.4) is 0 Å². The molecule has 1 amide bonds. The van der Waals surface area contributed by atoms with Gasteiger partial charge in [0.1, 0.15) is 10.6 Å². The molecule has 2 bridgehead atoms. The van der Waals surface area contributed by atoms with Crippen molar-refractivity contribution in [3.8, 4) is 10.4 Å². The molecule has 2 unspecified atom stereocenters. The highest BCUT2D eigenvalue weighted by Crippen LogP contribution is 2.45. The summed E-state index contributed by atoms with van der Waals surface area (Å²) < 4.78 is 5.96. The molecule has 5 heteroatoms. The number of fused-ring (bicyclic) bond motifs is 2. The molecule has 1 N–H and O–H groups in total. The van der Waals surface area contributed by atoms with Gasteiger partial charge in [0.15, 0.2) is 0 Å². The van der Waals surface area contributed by atoms with Crippen LogP contribution in [0.4, 0.5) is 9.80 Å². The summed E-state index contributed by atoms with van der Waals surface area (Å²) in [6.45, 7) is 3.85. The summed E-state index contributed by atoms with van der Waals surface area (Å²) >= 11 is 1.67. The summed E-state index contributed by atoms with van der Waals surface area (Å²) in [6, 6.07) is 13.0. The van der Waals surface area contributed by atoms with Gasteiger partial charge in [0, 0.05) is 10.9 Å². The minimum atomic E-state index is -0.328. The third kappa shape index (κ3) is 2.49. The topological polar surface area (TPSA) is 41.6 Å². The largest absolute Gasteiger partial charge is 0.439 e. The summed E-state index contributed by atoms with van der Waals surface area (Å²) in [5.74, 6) is 0.643. The van der Waals surface area contributed by atoms with E-state index in [2.05, 4.69) is 48.6 Å². The normalized spacial score (nSPS) is 30.9. The van der Waals surface area contributed by atoms with E-state index in [4.69, 9.17) is 4.74 Å². The van der Waals surface area contributed by atoms with Gasteiger partial charge in [0.05, 0.1) is 6.54 Å². The number of piperidine rings is 2. The molecule has 1 aliphatic carbocycles. The predicted molar refractivity (Wildman–Crippen MR) is 100 cm³/mol. The van der Waals surface area contributed by atoms with Crippen LogP contribution in [0.1, 0.15) is 24.8 Å². The van der Waals surface area contributed by atoms with Crippen molar-refractivity contribution in [2.24, 2.45) is 5.92 Å². The second-order valence-corrected chi connectivity index (χ2v) is 8.70. The van der Waals surface area contributed by atoms with Gasteiger partial charge in [-0.25, -0.2) is 4.79 Å². The Morgan fingerprint density at radius 1 is 1.28 bits per heavy atom. The van der Waals surface area contributed by atoms with E-state index in [-0.39, 0.29) is 11.7 Å². The molecule has 0 radical (unpaired) electrons. The third-order valence-electron chi connectivity index (χ3n) is 5.88. The fourth-order valence-electron chi connectivity index (χ4n) is 4.64. The highest BCUT2D eigenvalue weighted by atomic mass is 32.1. The molecule has 4 nitrogen and oxygen atoms in total. The first-order valence-corrected chi connectivity index (χ1v) is 9.85. The molecule has 4 aliphatic rings. The Morgan fingerprint density at radius 2 is 2.20 bits per heavy atom. The zero-order valence-electron chi connectivity index (χ0n) is 14.3. The first-order chi connectivity index (χ1) is 12.1. The van der Waals surface area contributed by atoms with Crippen LogP contribution < -0.4 is 10.2 Å². The van der Waals surface area contributed by atoms with E-state index in [1.807, 2.05) is 4.90 Å². The number of carbonyl (C=O) groups excluding carboxylic acids is 1. The number of ether oxygens (including phenoxy) is 1. The maximum Gasteiger partial charge on any atom is 0.415 e. The number of hydrogen-bond donors (Lipinski definition) is 1. The lowest BCUT2D eigenvalue weighted by atomic mass is 9.71. The Kier molecular flexibility index (Phi) is 3.44. The van der Waals surface area contributed by atoms with Crippen molar-refractivity contribution in [2.45, 2.75) is 37.8 Å². The maximum absolute atomic E-state index is 12.6. The second-order valence-electron chi connectivity index (χ2n) is 7.63. The monoisotopic (exact) mass is 354 g/mol. The Hall–Kier alpha value is -1.85. The Morgan fingerprint density at radius 3 is 2.92 bits per heavy atom. The van der Waals surface area contributed by atoms with Crippen LogP contribution in [0.15, 0.2) is 36.4 Å². The molecule has 130 valence electrons. The number of thiophene rings is 1. The van der Waals surface area contributed by atoms with Crippen LogP contribution in [0.25, 0.3) is 10.4 Å². The van der Waals surface area contributed by atoms with E-state index in [1.54, 1.807) is 11.3 Å². The molecule has 3 saturated heterocycles. The van der Waals surface area contributed by atoms with Gasteiger partial charge < -0.3 is 10.1 Å². The van der Waals surface area contributed by atoms with E-state index in [1.165, 1.54) is 22.4 Å². The van der Waals surface area contributed by atoms with Crippen LogP contribution in [0.2, 0.25) is 0 Å². The number of anilines is 1. The van der Waals surface area contributed by atoms with E-state index < -0.39 is 0 Å². The Balaban J connectivity index is 1.42. The first-order valence-electron chi connectivity index (χ1n) is 9.04. The number of hydrogen-bond acceptors (Lipinski definition) is 4. The summed E-state index contributed by atoms with van der Waals surface area (Å²) in [4.78, 5) is 15.6. The first kappa shape index (κ1) is 15.4. The van der Waals surface area contributed by atoms with E-state index >= 15 is 0 Å². The molecule has 4 fully saturated rings. The van der Waals surface area contributed by atoms with Gasteiger partial charge in [-0.15, -0.1) is 11.3 Å². The maximum atomic E-state index is 12.6. The second kappa shape index (κ2) is 5.58. The van der Waals surface area contributed by atoms with Crippen molar-refractivity contribution in [1.82, 2.24) is 5.32 Å². The van der Waals surface area contributed by atoms with Crippen molar-refractivity contribution in [2.75, 3.05) is 18.0 Å². The molecule has 4 heterocycles. The number of benzene rings is 1. The average molecular weight is 354 g/mol. The van der Waals surface area contributed by atoms with Gasteiger partial charge in [0.2, 0.25) is 0 Å². The Labute approximate surface area is 151 Å². The fourth-order valence-corrected chi connectivity index (χ4v) is 5.64. The van der Waals surface area contributed by atoms with E-state index in [9.17, 15) is 4.79 Å². The van der Waals surface area contributed by atoms with Crippen LogP contribution in [0, 0.1) is 12.8 Å². The number of nitrogens with one attached hydrogen (secondary N) is 1. The molecule has 2 aromatic rings. The molecule has 3 atom stereocenters. The minimum absolute atomic E-state index is 0.188. The van der Waals surface area contributed by atoms with E-state index in [0.717, 1.165) is 24.4 Å². The van der Waals surface area contributed by atoms with Crippen LogP contribution in [-0.4, -0.2) is 30.8 Å². The number of nitrogens with zero attached hydrogens (tertiary/aromatic N) is 1. The molecule has 25 heavy (non-hydrogen) atoms. The fraction of sp³-hybridized carbons (Fsp3) is 0.450. The van der Waals surface area contributed by atoms with Gasteiger partial charge >= 0.3 is 6.09 Å². The third-order valence-corrected chi connectivity index (χ3v) is 7.04. The van der Waals surface area contributed by atoms with Crippen molar-refractivity contribution >= 4 is 22.4 Å². The molecule has 3 aliphatic heterocycles. The lowest BCUT2D eigenvalue weighted by Gasteiger charge is -2.48. The molecule has 1 spiro atoms. The molecule has 1 aromatic heterocycles.